The first-order chi connectivity index (χ1) is 23.0. The maximum absolute atomic E-state index is 14.1. The van der Waals surface area contributed by atoms with E-state index < -0.39 is 17.6 Å². The van der Waals surface area contributed by atoms with Gasteiger partial charge in [-0.1, -0.05) is 37.3 Å². The summed E-state index contributed by atoms with van der Waals surface area (Å²) in [4.78, 5) is 23.9. The summed E-state index contributed by atoms with van der Waals surface area (Å²) in [5, 5.41) is 10.2. The number of ether oxygens (including phenoxy) is 1. The number of carbonyl (C=O) groups excluding carboxylic acids is 1. The number of aryl methyl sites for hydroxylation is 2. The Bertz CT molecular complexity index is 1780. The van der Waals surface area contributed by atoms with Gasteiger partial charge in [-0.05, 0) is 81.1 Å². The zero-order valence-corrected chi connectivity index (χ0v) is 27.6. The standard InChI is InChI=1S/C36H40F3N7O2/c1-5-26-12-14-45(15-13-26)22-30-10-11-31(19-32(30)36(37,38)39)42-34(47)29-8-6-24(2)28(18-29)9-7-27-20-40-35(41-21-27)43-33-23-46(16-17-48-4)44-25(33)3/h6,8,10-11,18-21,23,26H,5,12-17,22H2,1-4H3,(H,42,47)(H,40,41,43). The van der Waals surface area contributed by atoms with Gasteiger partial charge in [-0.15, -0.1) is 0 Å². The van der Waals surface area contributed by atoms with Crippen molar-refractivity contribution in [3.05, 3.63) is 94.1 Å². The fraction of sp³-hybridized carbons (Fsp3) is 0.389. The first-order valence-corrected chi connectivity index (χ1v) is 16.0. The maximum Gasteiger partial charge on any atom is 0.416 e. The highest BCUT2D eigenvalue weighted by atomic mass is 19.4. The lowest BCUT2D eigenvalue weighted by Gasteiger charge is -2.32. The van der Waals surface area contributed by atoms with Crippen molar-refractivity contribution in [1.29, 1.82) is 0 Å². The Balaban J connectivity index is 1.25. The smallest absolute Gasteiger partial charge is 0.383 e. The van der Waals surface area contributed by atoms with Crippen LogP contribution in [0.4, 0.5) is 30.5 Å². The van der Waals surface area contributed by atoms with Gasteiger partial charge in [-0.25, -0.2) is 9.97 Å². The molecule has 0 unspecified atom stereocenters. The van der Waals surface area contributed by atoms with E-state index in [0.717, 1.165) is 55.4 Å². The molecule has 252 valence electrons. The summed E-state index contributed by atoms with van der Waals surface area (Å²) in [5.41, 5.74) is 3.42. The van der Waals surface area contributed by atoms with Crippen LogP contribution in [0, 0.1) is 31.6 Å². The molecule has 0 aliphatic carbocycles. The molecule has 3 heterocycles. The number of benzene rings is 2. The highest BCUT2D eigenvalue weighted by Gasteiger charge is 2.34. The van der Waals surface area contributed by atoms with Gasteiger partial charge in [-0.3, -0.25) is 14.4 Å². The van der Waals surface area contributed by atoms with Crippen molar-refractivity contribution in [3.63, 3.8) is 0 Å². The summed E-state index contributed by atoms with van der Waals surface area (Å²) in [6.45, 7) is 8.87. The second-order valence-corrected chi connectivity index (χ2v) is 12.0. The molecule has 5 rings (SSSR count). The fourth-order valence-electron chi connectivity index (χ4n) is 5.61. The van der Waals surface area contributed by atoms with Gasteiger partial charge in [-0.2, -0.15) is 18.3 Å². The van der Waals surface area contributed by atoms with Gasteiger partial charge in [0.05, 0.1) is 35.7 Å². The number of hydrogen-bond donors (Lipinski definition) is 2. The molecule has 1 fully saturated rings. The average Bonchev–Trinajstić information content (AvgIpc) is 3.42. The van der Waals surface area contributed by atoms with Gasteiger partial charge < -0.3 is 15.4 Å². The van der Waals surface area contributed by atoms with Gasteiger partial charge >= 0.3 is 6.18 Å². The van der Waals surface area contributed by atoms with Crippen LogP contribution in [0.3, 0.4) is 0 Å². The average molecular weight is 660 g/mol. The Kier molecular flexibility index (Phi) is 11.1. The molecule has 1 saturated heterocycles. The number of alkyl halides is 3. The second-order valence-electron chi connectivity index (χ2n) is 12.0. The summed E-state index contributed by atoms with van der Waals surface area (Å²) in [7, 11) is 1.64. The van der Waals surface area contributed by atoms with Crippen molar-refractivity contribution >= 4 is 23.2 Å². The Morgan fingerprint density at radius 1 is 1.06 bits per heavy atom. The van der Waals surface area contributed by atoms with Crippen LogP contribution in [0.5, 0.6) is 0 Å². The third-order valence-electron chi connectivity index (χ3n) is 8.56. The molecule has 2 aromatic carbocycles. The molecule has 48 heavy (non-hydrogen) atoms. The molecule has 12 heteroatoms. The Morgan fingerprint density at radius 3 is 2.50 bits per heavy atom. The number of halogens is 3. The van der Waals surface area contributed by atoms with E-state index in [4.69, 9.17) is 4.74 Å². The highest BCUT2D eigenvalue weighted by molar-refractivity contribution is 6.04. The van der Waals surface area contributed by atoms with Gasteiger partial charge in [0.1, 0.15) is 0 Å². The number of piperidine rings is 1. The van der Waals surface area contributed by atoms with Crippen LogP contribution in [-0.2, 0) is 24.0 Å². The van der Waals surface area contributed by atoms with E-state index in [9.17, 15) is 18.0 Å². The number of likely N-dealkylation sites (tertiary alicyclic amines) is 1. The van der Waals surface area contributed by atoms with Crippen LogP contribution < -0.4 is 10.6 Å². The minimum Gasteiger partial charge on any atom is -0.383 e. The van der Waals surface area contributed by atoms with E-state index in [-0.39, 0.29) is 23.4 Å². The van der Waals surface area contributed by atoms with Crippen molar-refractivity contribution in [1.82, 2.24) is 24.6 Å². The van der Waals surface area contributed by atoms with Gasteiger partial charge in [0.2, 0.25) is 5.95 Å². The first kappa shape index (κ1) is 34.6. The quantitative estimate of drug-likeness (QED) is 0.178. The lowest BCUT2D eigenvalue weighted by atomic mass is 9.94. The van der Waals surface area contributed by atoms with Crippen molar-refractivity contribution in [3.8, 4) is 11.8 Å². The minimum absolute atomic E-state index is 0.0809. The summed E-state index contributed by atoms with van der Waals surface area (Å²) in [6, 6.07) is 9.02. The van der Waals surface area contributed by atoms with Crippen molar-refractivity contribution < 1.29 is 22.7 Å². The lowest BCUT2D eigenvalue weighted by molar-refractivity contribution is -0.138. The van der Waals surface area contributed by atoms with Gasteiger partial charge in [0.25, 0.3) is 5.91 Å². The molecule has 1 aliphatic heterocycles. The Hall–Kier alpha value is -4.73. The molecule has 1 aliphatic rings. The predicted molar refractivity (Wildman–Crippen MR) is 179 cm³/mol. The molecule has 0 saturated carbocycles. The SMILES string of the molecule is CCC1CCN(Cc2ccc(NC(=O)c3ccc(C)c(C#Cc4cnc(Nc5cn(CCOC)nc5C)nc4)c3)cc2C(F)(F)F)CC1. The summed E-state index contributed by atoms with van der Waals surface area (Å²) in [5.74, 6) is 6.58. The van der Waals surface area contributed by atoms with Crippen LogP contribution in [0.1, 0.15) is 70.1 Å². The topological polar surface area (TPSA) is 97.2 Å². The van der Waals surface area contributed by atoms with Crippen molar-refractivity contribution in [2.75, 3.05) is 37.4 Å². The van der Waals surface area contributed by atoms with E-state index in [0.29, 0.717) is 36.1 Å². The maximum atomic E-state index is 14.1. The monoisotopic (exact) mass is 659 g/mol. The molecule has 9 nitrogen and oxygen atoms in total. The number of anilines is 3. The van der Waals surface area contributed by atoms with E-state index in [1.165, 1.54) is 12.1 Å². The van der Waals surface area contributed by atoms with Gasteiger partial charge in [0, 0.05) is 49.1 Å². The predicted octanol–water partition coefficient (Wildman–Crippen LogP) is 6.97. The Morgan fingerprint density at radius 2 is 1.81 bits per heavy atom. The Labute approximate surface area is 278 Å². The summed E-state index contributed by atoms with van der Waals surface area (Å²) >= 11 is 0. The van der Waals surface area contributed by atoms with E-state index >= 15 is 0 Å². The second kappa shape index (κ2) is 15.4. The molecule has 0 bridgehead atoms. The third kappa shape index (κ3) is 8.99. The fourth-order valence-corrected chi connectivity index (χ4v) is 5.61. The van der Waals surface area contributed by atoms with Crippen LogP contribution >= 0.6 is 0 Å². The number of aromatic nitrogens is 4. The minimum atomic E-state index is -4.55. The van der Waals surface area contributed by atoms with Crippen LogP contribution in [0.15, 0.2) is 55.0 Å². The molecule has 0 atom stereocenters. The van der Waals surface area contributed by atoms with E-state index in [1.807, 2.05) is 20.0 Å². The summed E-state index contributed by atoms with van der Waals surface area (Å²) < 4.78 is 49.2. The van der Waals surface area contributed by atoms with Gasteiger partial charge in [0.15, 0.2) is 0 Å². The first-order valence-electron chi connectivity index (χ1n) is 16.0. The van der Waals surface area contributed by atoms with Crippen molar-refractivity contribution in [2.24, 2.45) is 5.92 Å². The molecule has 2 N–H and O–H groups in total. The molecule has 4 aromatic rings. The third-order valence-corrected chi connectivity index (χ3v) is 8.56. The molecular weight excluding hydrogens is 619 g/mol. The lowest BCUT2D eigenvalue weighted by Crippen LogP contribution is -2.33. The van der Waals surface area contributed by atoms with E-state index in [2.05, 4.69) is 49.4 Å². The van der Waals surface area contributed by atoms with Crippen LogP contribution in [0.25, 0.3) is 0 Å². The number of nitrogens with zero attached hydrogens (tertiary/aromatic N) is 5. The number of amides is 1. The highest BCUT2D eigenvalue weighted by Crippen LogP contribution is 2.35. The number of hydrogen-bond acceptors (Lipinski definition) is 7. The number of rotatable bonds is 10. The molecule has 0 spiro atoms. The van der Waals surface area contributed by atoms with Crippen LogP contribution in [0.2, 0.25) is 0 Å². The zero-order valence-electron chi connectivity index (χ0n) is 27.6. The zero-order chi connectivity index (χ0) is 34.3. The number of methoxy groups -OCH3 is 1. The summed E-state index contributed by atoms with van der Waals surface area (Å²) in [6.07, 6.45) is 3.58. The normalized spacial score (nSPS) is 14.0. The molecular formula is C36H40F3N7O2. The number of nitrogens with one attached hydrogen (secondary N) is 2. The van der Waals surface area contributed by atoms with Crippen LogP contribution in [-0.4, -0.2) is 57.4 Å². The molecule has 2 aromatic heterocycles. The van der Waals surface area contributed by atoms with E-state index in [1.54, 1.807) is 42.4 Å². The largest absolute Gasteiger partial charge is 0.416 e. The molecule has 1 amide bonds. The molecule has 0 radical (unpaired) electrons. The van der Waals surface area contributed by atoms with Crippen molar-refractivity contribution in [2.45, 2.75) is 59.3 Å². The number of carbonyl (C=O) groups is 1.